The Bertz CT molecular complexity index is 457. The number of quaternary nitrogens is 1. The molecule has 0 spiro atoms. The Morgan fingerprint density at radius 1 is 1.15 bits per heavy atom. The third-order valence-electron chi connectivity index (χ3n) is 3.20. The van der Waals surface area contributed by atoms with Gasteiger partial charge in [-0.15, -0.1) is 0 Å². The average molecular weight is 276 g/mol. The first-order valence-electron chi connectivity index (χ1n) is 7.05. The summed E-state index contributed by atoms with van der Waals surface area (Å²) in [5.41, 5.74) is 1.07. The fraction of sp³-hybridized carbons (Fsp3) is 0.467. The molecule has 1 saturated carbocycles. The molecule has 20 heavy (non-hydrogen) atoms. The van der Waals surface area contributed by atoms with Crippen LogP contribution in [0, 0.1) is 0 Å². The Kier molecular flexibility index (Phi) is 5.12. The van der Waals surface area contributed by atoms with Crippen LogP contribution in [0.4, 0.5) is 0 Å². The van der Waals surface area contributed by atoms with Gasteiger partial charge < -0.3 is 15.5 Å². The molecule has 5 nitrogen and oxygen atoms in total. The van der Waals surface area contributed by atoms with Crippen LogP contribution in [0.5, 0.6) is 0 Å². The van der Waals surface area contributed by atoms with Gasteiger partial charge in [-0.3, -0.25) is 9.59 Å². The summed E-state index contributed by atoms with van der Waals surface area (Å²) in [7, 11) is 1.86. The molecule has 0 heterocycles. The van der Waals surface area contributed by atoms with E-state index >= 15 is 0 Å². The molecular formula is C15H22N3O2+. The fourth-order valence-corrected chi connectivity index (χ4v) is 1.98. The van der Waals surface area contributed by atoms with Gasteiger partial charge in [0.25, 0.3) is 11.8 Å². The lowest BCUT2D eigenvalue weighted by atomic mass is 10.2. The average Bonchev–Trinajstić information content (AvgIpc) is 3.21. The van der Waals surface area contributed by atoms with Crippen LogP contribution in [0.25, 0.3) is 0 Å². The van der Waals surface area contributed by atoms with Crippen molar-refractivity contribution < 1.29 is 14.5 Å². The summed E-state index contributed by atoms with van der Waals surface area (Å²) >= 11 is 0. The molecule has 0 saturated heterocycles. The van der Waals surface area contributed by atoms with Crippen molar-refractivity contribution >= 4 is 11.8 Å². The van der Waals surface area contributed by atoms with Gasteiger partial charge >= 0.3 is 0 Å². The predicted molar refractivity (Wildman–Crippen MR) is 76.1 cm³/mol. The van der Waals surface area contributed by atoms with Crippen LogP contribution in [0.2, 0.25) is 0 Å². The number of hydrogen-bond donors (Lipinski definition) is 3. The van der Waals surface area contributed by atoms with E-state index in [4.69, 9.17) is 0 Å². The van der Waals surface area contributed by atoms with Crippen molar-refractivity contribution in [2.24, 2.45) is 0 Å². The van der Waals surface area contributed by atoms with Crippen LogP contribution >= 0.6 is 0 Å². The van der Waals surface area contributed by atoms with Crippen LogP contribution < -0.4 is 15.5 Å². The highest BCUT2D eigenvalue weighted by molar-refractivity contribution is 5.79. The number of nitrogens with one attached hydrogen (secondary N) is 3. The highest BCUT2D eigenvalue weighted by Crippen LogP contribution is 2.17. The molecule has 1 aliphatic rings. The molecule has 1 fully saturated rings. The van der Waals surface area contributed by atoms with Crippen LogP contribution in [0.15, 0.2) is 30.3 Å². The van der Waals surface area contributed by atoms with Gasteiger partial charge in [-0.25, -0.2) is 0 Å². The van der Waals surface area contributed by atoms with Crippen molar-refractivity contribution in [2.75, 3.05) is 20.1 Å². The Morgan fingerprint density at radius 2 is 1.80 bits per heavy atom. The molecule has 1 aromatic carbocycles. The maximum absolute atomic E-state index is 11.8. The first kappa shape index (κ1) is 14.5. The highest BCUT2D eigenvalue weighted by Gasteiger charge is 2.24. The van der Waals surface area contributed by atoms with Crippen molar-refractivity contribution in [3.63, 3.8) is 0 Å². The fourth-order valence-electron chi connectivity index (χ4n) is 1.98. The van der Waals surface area contributed by atoms with Gasteiger partial charge in [0, 0.05) is 12.6 Å². The van der Waals surface area contributed by atoms with Gasteiger partial charge in [0.2, 0.25) is 0 Å². The maximum atomic E-state index is 11.8. The monoisotopic (exact) mass is 276 g/mol. The van der Waals surface area contributed by atoms with Gasteiger partial charge in [-0.1, -0.05) is 30.3 Å². The lowest BCUT2D eigenvalue weighted by Crippen LogP contribution is -3.11. The van der Waals surface area contributed by atoms with Crippen molar-refractivity contribution in [2.45, 2.75) is 25.4 Å². The van der Waals surface area contributed by atoms with Crippen LogP contribution in [0.1, 0.15) is 18.4 Å². The summed E-state index contributed by atoms with van der Waals surface area (Å²) in [5, 5.41) is 5.79. The second-order valence-electron chi connectivity index (χ2n) is 5.41. The van der Waals surface area contributed by atoms with E-state index < -0.39 is 0 Å². The molecule has 108 valence electrons. The molecule has 1 aliphatic carbocycles. The molecule has 1 aromatic rings. The maximum Gasteiger partial charge on any atom is 0.275 e. The molecule has 0 bridgehead atoms. The normalized spacial score (nSPS) is 15.4. The summed E-state index contributed by atoms with van der Waals surface area (Å²) < 4.78 is 0. The first-order valence-corrected chi connectivity index (χ1v) is 7.05. The molecule has 1 unspecified atom stereocenters. The molecule has 2 rings (SSSR count). The number of carbonyl (C=O) groups excluding carboxylic acids is 2. The molecule has 0 aromatic heterocycles. The Balaban J connectivity index is 1.64. The quantitative estimate of drug-likeness (QED) is 0.604. The summed E-state index contributed by atoms with van der Waals surface area (Å²) in [4.78, 5) is 24.3. The Morgan fingerprint density at radius 3 is 2.45 bits per heavy atom. The van der Waals surface area contributed by atoms with Crippen LogP contribution in [-0.2, 0) is 16.1 Å². The predicted octanol–water partition coefficient (Wildman–Crippen LogP) is -0.904. The van der Waals surface area contributed by atoms with E-state index in [1.807, 2.05) is 37.4 Å². The van der Waals surface area contributed by atoms with Crippen LogP contribution in [0.3, 0.4) is 0 Å². The van der Waals surface area contributed by atoms with Crippen molar-refractivity contribution in [1.82, 2.24) is 10.6 Å². The molecule has 1 atom stereocenters. The summed E-state index contributed by atoms with van der Waals surface area (Å²) in [6, 6.07) is 10.2. The minimum Gasteiger partial charge on any atom is -0.348 e. The number of likely N-dealkylation sites (N-methyl/N-ethyl adjacent to an activating group) is 1. The Hall–Kier alpha value is -1.88. The van der Waals surface area contributed by atoms with E-state index in [9.17, 15) is 9.59 Å². The first-order chi connectivity index (χ1) is 9.63. The second kappa shape index (κ2) is 7.05. The lowest BCUT2D eigenvalue weighted by molar-refractivity contribution is -0.862. The van der Waals surface area contributed by atoms with Crippen molar-refractivity contribution in [3.05, 3.63) is 35.9 Å². The number of benzene rings is 1. The van der Waals surface area contributed by atoms with Gasteiger partial charge in [-0.2, -0.15) is 0 Å². The van der Waals surface area contributed by atoms with Gasteiger partial charge in [0.1, 0.15) is 0 Å². The second-order valence-corrected chi connectivity index (χ2v) is 5.41. The van der Waals surface area contributed by atoms with Crippen LogP contribution in [-0.4, -0.2) is 38.0 Å². The van der Waals surface area contributed by atoms with E-state index in [0.29, 0.717) is 25.7 Å². The Labute approximate surface area is 119 Å². The summed E-state index contributed by atoms with van der Waals surface area (Å²) in [5.74, 6) is -0.00793. The molecule has 0 aliphatic heterocycles. The van der Waals surface area contributed by atoms with Gasteiger partial charge in [0.05, 0.1) is 7.05 Å². The largest absolute Gasteiger partial charge is 0.348 e. The number of amides is 2. The summed E-state index contributed by atoms with van der Waals surface area (Å²) in [6.07, 6.45) is 2.17. The van der Waals surface area contributed by atoms with Gasteiger partial charge in [0.15, 0.2) is 13.1 Å². The van der Waals surface area contributed by atoms with E-state index in [2.05, 4.69) is 10.6 Å². The minimum atomic E-state index is -0.0365. The lowest BCUT2D eigenvalue weighted by Gasteiger charge is -2.13. The molecule has 5 heteroatoms. The van der Waals surface area contributed by atoms with E-state index in [0.717, 1.165) is 23.3 Å². The van der Waals surface area contributed by atoms with Crippen molar-refractivity contribution in [3.8, 4) is 0 Å². The van der Waals surface area contributed by atoms with Gasteiger partial charge in [-0.05, 0) is 18.4 Å². The third-order valence-corrected chi connectivity index (χ3v) is 3.20. The zero-order chi connectivity index (χ0) is 14.4. The molecule has 2 amide bonds. The molecule has 3 N–H and O–H groups in total. The molecular weight excluding hydrogens is 254 g/mol. The van der Waals surface area contributed by atoms with E-state index in [1.54, 1.807) is 0 Å². The number of hydrogen-bond acceptors (Lipinski definition) is 2. The third kappa shape index (κ3) is 5.40. The molecule has 0 radical (unpaired) electrons. The number of rotatable bonds is 7. The zero-order valence-electron chi connectivity index (χ0n) is 11.8. The summed E-state index contributed by atoms with van der Waals surface area (Å²) in [6.45, 7) is 1.18. The van der Waals surface area contributed by atoms with Crippen molar-refractivity contribution in [1.29, 1.82) is 0 Å². The zero-order valence-corrected chi connectivity index (χ0v) is 11.8. The standard InChI is InChI=1S/C15H21N3O2/c1-18(11-15(20)17-13-7-8-13)10-14(19)16-9-12-5-3-2-4-6-12/h2-6,13H,7-11H2,1H3,(H,16,19)(H,17,20)/p+1. The highest BCUT2D eigenvalue weighted by atomic mass is 16.2. The number of carbonyl (C=O) groups is 2. The topological polar surface area (TPSA) is 62.6 Å². The minimum absolute atomic E-state index is 0.0286. The smallest absolute Gasteiger partial charge is 0.275 e. The van der Waals surface area contributed by atoms with E-state index in [1.165, 1.54) is 0 Å². The SMILES string of the molecule is C[NH+](CC(=O)NCc1ccccc1)CC(=O)NC1CC1. The van der Waals surface area contributed by atoms with E-state index in [-0.39, 0.29) is 11.8 Å².